The van der Waals surface area contributed by atoms with Crippen molar-refractivity contribution in [2.45, 2.75) is 49.4 Å². The lowest BCUT2D eigenvalue weighted by molar-refractivity contribution is -0.0977. The summed E-state index contributed by atoms with van der Waals surface area (Å²) in [5, 5.41) is 10.7. The second-order valence-corrected chi connectivity index (χ2v) is 13.0. The van der Waals surface area contributed by atoms with E-state index in [9.17, 15) is 8.42 Å². The molecule has 2 bridgehead atoms. The Hall–Kier alpha value is -1.97. The molecule has 0 radical (unpaired) electrons. The first-order valence-corrected chi connectivity index (χ1v) is 13.8. The number of nitrogens with zero attached hydrogens (tertiary/aromatic N) is 5. The van der Waals surface area contributed by atoms with E-state index in [0.29, 0.717) is 18.0 Å². The molecule has 3 aliphatic carbocycles. The molecule has 0 N–H and O–H groups in total. The van der Waals surface area contributed by atoms with Crippen molar-refractivity contribution >= 4 is 32.3 Å². The minimum atomic E-state index is -2.92. The maximum atomic E-state index is 15.3. The first kappa shape index (κ1) is 20.4. The van der Waals surface area contributed by atoms with Crippen LogP contribution in [0.1, 0.15) is 37.2 Å². The molecule has 0 spiro atoms. The van der Waals surface area contributed by atoms with Crippen LogP contribution < -0.4 is 0 Å². The number of piperidine rings is 1. The normalized spacial score (nSPS) is 33.5. The molecule has 4 heterocycles. The van der Waals surface area contributed by atoms with Crippen molar-refractivity contribution in [1.82, 2.24) is 24.5 Å². The summed E-state index contributed by atoms with van der Waals surface area (Å²) in [6.45, 7) is 0.920. The fraction of sp³-hybridized carbons (Fsp3) is 0.565. The van der Waals surface area contributed by atoms with Gasteiger partial charge in [0.15, 0.2) is 9.84 Å². The number of fused-ring (bicyclic) bond motifs is 1. The molecule has 0 amide bonds. The van der Waals surface area contributed by atoms with Gasteiger partial charge in [0.05, 0.1) is 41.2 Å². The van der Waals surface area contributed by atoms with E-state index in [1.54, 1.807) is 6.20 Å². The standard InChI is InChI=1S/C23H25ClFN5O2S/c24-20-3-15-8-27-30(16-9-26-29(10-16)23-5-14(6-23)7-23)22(15)4-19(20)18-1-2-28(11-21(18)25)17-12-33(31,32)13-17/h3-4,8-10,14,17-18,21H,1-2,5-7,11-13H2/t14?,18-,21+,23?/m1/s1. The monoisotopic (exact) mass is 489 g/mol. The minimum Gasteiger partial charge on any atom is -0.295 e. The Morgan fingerprint density at radius 1 is 1.12 bits per heavy atom. The Balaban J connectivity index is 1.17. The minimum absolute atomic E-state index is 0.0498. The number of halogens is 2. The highest BCUT2D eigenvalue weighted by molar-refractivity contribution is 7.92. The molecule has 33 heavy (non-hydrogen) atoms. The largest absolute Gasteiger partial charge is 0.295 e. The number of hydrogen-bond donors (Lipinski definition) is 0. The molecule has 2 aromatic heterocycles. The van der Waals surface area contributed by atoms with Gasteiger partial charge in [0.2, 0.25) is 0 Å². The first-order chi connectivity index (χ1) is 15.8. The van der Waals surface area contributed by atoms with Gasteiger partial charge < -0.3 is 0 Å². The summed E-state index contributed by atoms with van der Waals surface area (Å²) in [6.07, 6.45) is 8.88. The van der Waals surface area contributed by atoms with Crippen molar-refractivity contribution in [3.05, 3.63) is 41.3 Å². The fourth-order valence-corrected chi connectivity index (χ4v) is 8.11. The van der Waals surface area contributed by atoms with E-state index in [-0.39, 0.29) is 35.5 Å². The SMILES string of the molecule is O=S1(=O)CC(N2CC[C@H](c3cc4c(cnn4-c4cnn(C56CC(C5)C6)c4)cc3Cl)[C@@H](F)C2)C1. The molecule has 8 rings (SSSR count). The van der Waals surface area contributed by atoms with E-state index in [1.165, 1.54) is 19.3 Å². The maximum absolute atomic E-state index is 15.3. The molecule has 0 unspecified atom stereocenters. The summed E-state index contributed by atoms with van der Waals surface area (Å²) < 4.78 is 42.3. The molecule has 2 saturated heterocycles. The number of rotatable bonds is 4. The molecule has 174 valence electrons. The number of benzene rings is 1. The molecule has 5 aliphatic rings. The molecule has 1 aromatic carbocycles. The van der Waals surface area contributed by atoms with Gasteiger partial charge in [-0.1, -0.05) is 11.6 Å². The van der Waals surface area contributed by atoms with E-state index < -0.39 is 16.0 Å². The highest BCUT2D eigenvalue weighted by Gasteiger charge is 2.58. The van der Waals surface area contributed by atoms with Crippen molar-refractivity contribution in [1.29, 1.82) is 0 Å². The summed E-state index contributed by atoms with van der Waals surface area (Å²) in [6, 6.07) is 3.80. The topological polar surface area (TPSA) is 73.0 Å². The van der Waals surface area contributed by atoms with E-state index in [2.05, 4.69) is 21.1 Å². The van der Waals surface area contributed by atoms with Crippen LogP contribution in [0.4, 0.5) is 4.39 Å². The molecule has 2 aliphatic heterocycles. The Morgan fingerprint density at radius 2 is 1.91 bits per heavy atom. The molecule has 5 fully saturated rings. The predicted molar refractivity (Wildman–Crippen MR) is 123 cm³/mol. The molecule has 7 nitrogen and oxygen atoms in total. The number of hydrogen-bond acceptors (Lipinski definition) is 5. The summed E-state index contributed by atoms with van der Waals surface area (Å²) in [5.74, 6) is 0.848. The van der Waals surface area contributed by atoms with Gasteiger partial charge in [-0.2, -0.15) is 10.2 Å². The summed E-state index contributed by atoms with van der Waals surface area (Å²) in [5.41, 5.74) is 2.81. The van der Waals surface area contributed by atoms with Crippen molar-refractivity contribution in [3.63, 3.8) is 0 Å². The first-order valence-electron chi connectivity index (χ1n) is 11.6. The third-order valence-corrected chi connectivity index (χ3v) is 10.5. The van der Waals surface area contributed by atoms with Crippen molar-refractivity contribution < 1.29 is 12.8 Å². The van der Waals surface area contributed by atoms with Crippen LogP contribution in [0.5, 0.6) is 0 Å². The smallest absolute Gasteiger partial charge is 0.153 e. The van der Waals surface area contributed by atoms with Crippen molar-refractivity contribution in [2.24, 2.45) is 5.92 Å². The third-order valence-electron chi connectivity index (χ3n) is 8.37. The van der Waals surface area contributed by atoms with Crippen LogP contribution in [0.25, 0.3) is 16.6 Å². The zero-order valence-electron chi connectivity index (χ0n) is 18.1. The number of aromatic nitrogens is 4. The van der Waals surface area contributed by atoms with Gasteiger partial charge in [-0.15, -0.1) is 0 Å². The zero-order valence-corrected chi connectivity index (χ0v) is 19.6. The number of alkyl halides is 1. The van der Waals surface area contributed by atoms with Gasteiger partial charge in [-0.05, 0) is 55.8 Å². The molecular weight excluding hydrogens is 465 g/mol. The Labute approximate surface area is 196 Å². The maximum Gasteiger partial charge on any atom is 0.153 e. The van der Waals surface area contributed by atoms with E-state index in [0.717, 1.165) is 28.1 Å². The molecule has 2 atom stereocenters. The van der Waals surface area contributed by atoms with Crippen LogP contribution in [0.2, 0.25) is 5.02 Å². The van der Waals surface area contributed by atoms with Crippen molar-refractivity contribution in [3.8, 4) is 5.69 Å². The van der Waals surface area contributed by atoms with Gasteiger partial charge >= 0.3 is 0 Å². The lowest BCUT2D eigenvalue weighted by Crippen LogP contribution is -2.59. The Kier molecular flexibility index (Phi) is 4.20. The van der Waals surface area contributed by atoms with E-state index in [4.69, 9.17) is 11.6 Å². The second kappa shape index (κ2) is 6.79. The fourth-order valence-electron chi connectivity index (χ4n) is 6.31. The van der Waals surface area contributed by atoms with Crippen molar-refractivity contribution in [2.75, 3.05) is 24.6 Å². The number of sulfone groups is 1. The number of likely N-dealkylation sites (tertiary alicyclic amines) is 1. The van der Waals surface area contributed by atoms with Crippen LogP contribution in [-0.4, -0.2) is 69.7 Å². The highest BCUT2D eigenvalue weighted by Crippen LogP contribution is 2.62. The average Bonchev–Trinajstić information content (AvgIpc) is 3.30. The molecule has 3 saturated carbocycles. The van der Waals surface area contributed by atoms with Crippen LogP contribution in [0.3, 0.4) is 0 Å². The summed E-state index contributed by atoms with van der Waals surface area (Å²) in [4.78, 5) is 1.98. The lowest BCUT2D eigenvalue weighted by atomic mass is 9.50. The van der Waals surface area contributed by atoms with Crippen LogP contribution in [0, 0.1) is 5.92 Å². The van der Waals surface area contributed by atoms with Gasteiger partial charge in [0.1, 0.15) is 11.9 Å². The van der Waals surface area contributed by atoms with E-state index >= 15 is 4.39 Å². The predicted octanol–water partition coefficient (Wildman–Crippen LogP) is 3.31. The van der Waals surface area contributed by atoms with Gasteiger partial charge in [0, 0.05) is 28.9 Å². The molecule has 10 heteroatoms. The quantitative estimate of drug-likeness (QED) is 0.562. The third kappa shape index (κ3) is 3.04. The van der Waals surface area contributed by atoms with Crippen LogP contribution in [0.15, 0.2) is 30.7 Å². The summed E-state index contributed by atoms with van der Waals surface area (Å²) in [7, 11) is -2.92. The average molecular weight is 490 g/mol. The molecule has 3 aromatic rings. The van der Waals surface area contributed by atoms with Gasteiger partial charge in [-0.3, -0.25) is 9.58 Å². The Bertz CT molecular complexity index is 1360. The van der Waals surface area contributed by atoms with Crippen LogP contribution >= 0.6 is 11.6 Å². The molecular formula is C23H25ClFN5O2S. The van der Waals surface area contributed by atoms with Gasteiger partial charge in [0.25, 0.3) is 0 Å². The highest BCUT2D eigenvalue weighted by atomic mass is 35.5. The summed E-state index contributed by atoms with van der Waals surface area (Å²) >= 11 is 6.61. The van der Waals surface area contributed by atoms with E-state index in [1.807, 2.05) is 27.9 Å². The van der Waals surface area contributed by atoms with Crippen LogP contribution in [-0.2, 0) is 15.4 Å². The van der Waals surface area contributed by atoms with Gasteiger partial charge in [-0.25, -0.2) is 17.5 Å². The zero-order chi connectivity index (χ0) is 22.5. The Morgan fingerprint density at radius 3 is 2.58 bits per heavy atom. The lowest BCUT2D eigenvalue weighted by Gasteiger charge is -2.61. The second-order valence-electron chi connectivity index (χ2n) is 10.5.